The maximum Gasteiger partial charge on any atom is 0.185 e. The number of anilines is 2. The average Bonchev–Trinajstić information content (AvgIpc) is 3.01. The van der Waals surface area contributed by atoms with Crippen LogP contribution in [0.25, 0.3) is 0 Å². The summed E-state index contributed by atoms with van der Waals surface area (Å²) in [6.07, 6.45) is 1.84. The fraction of sp³-hybridized carbons (Fsp3) is 0.286. The van der Waals surface area contributed by atoms with Crippen molar-refractivity contribution in [1.29, 1.82) is 0 Å². The highest BCUT2D eigenvalue weighted by Gasteiger charge is 2.20. The van der Waals surface area contributed by atoms with Crippen LogP contribution in [0.5, 0.6) is 0 Å². The average molecular weight is 339 g/mol. The minimum atomic E-state index is 0.372. The van der Waals surface area contributed by atoms with Gasteiger partial charge in [0.15, 0.2) is 5.13 Å². The van der Waals surface area contributed by atoms with Gasteiger partial charge in [0.2, 0.25) is 0 Å². The van der Waals surface area contributed by atoms with Crippen LogP contribution in [-0.4, -0.2) is 36.2 Å². The summed E-state index contributed by atoms with van der Waals surface area (Å²) in [5.74, 6) is 0. The molecule has 2 N–H and O–H groups in total. The molecule has 0 amide bonds. The van der Waals surface area contributed by atoms with Gasteiger partial charge in [0.05, 0.1) is 10.7 Å². The number of piperazine rings is 1. The minimum absolute atomic E-state index is 0.372. The lowest BCUT2D eigenvalue weighted by atomic mass is 10.2. The van der Waals surface area contributed by atoms with E-state index < -0.39 is 0 Å². The van der Waals surface area contributed by atoms with Crippen LogP contribution in [0.3, 0.4) is 0 Å². The van der Waals surface area contributed by atoms with Gasteiger partial charge in [-0.05, 0) is 18.2 Å². The summed E-state index contributed by atoms with van der Waals surface area (Å²) in [6, 6.07) is 5.76. The Balaban J connectivity index is 1.71. The van der Waals surface area contributed by atoms with Gasteiger partial charge in [0.1, 0.15) is 4.99 Å². The standard InChI is InChI=1S/C14H15ClN4S2/c15-11-9-10(13(16)20)1-2-12(11)18-4-6-19(7-5-18)14-17-3-8-21-14/h1-3,8-9H,4-7H2,(H2,16,20). The van der Waals surface area contributed by atoms with Crippen molar-refractivity contribution in [3.63, 3.8) is 0 Å². The number of benzene rings is 1. The number of thiazole rings is 1. The molecule has 0 unspecified atom stereocenters. The van der Waals surface area contributed by atoms with E-state index in [0.717, 1.165) is 42.6 Å². The first-order valence-corrected chi connectivity index (χ1v) is 8.30. The Morgan fingerprint density at radius 1 is 1.24 bits per heavy atom. The second-order valence-electron chi connectivity index (χ2n) is 4.82. The first-order chi connectivity index (χ1) is 10.1. The maximum absolute atomic E-state index is 6.36. The lowest BCUT2D eigenvalue weighted by molar-refractivity contribution is 0.652. The van der Waals surface area contributed by atoms with Gasteiger partial charge < -0.3 is 15.5 Å². The van der Waals surface area contributed by atoms with Crippen LogP contribution in [0.15, 0.2) is 29.8 Å². The molecular formula is C14H15ClN4S2. The molecule has 0 atom stereocenters. The quantitative estimate of drug-likeness (QED) is 0.872. The first-order valence-electron chi connectivity index (χ1n) is 6.64. The van der Waals surface area contributed by atoms with E-state index in [1.807, 2.05) is 29.8 Å². The molecule has 3 rings (SSSR count). The Morgan fingerprint density at radius 3 is 2.52 bits per heavy atom. The molecule has 1 fully saturated rings. The van der Waals surface area contributed by atoms with Gasteiger partial charge in [-0.3, -0.25) is 0 Å². The second kappa shape index (κ2) is 6.17. The van der Waals surface area contributed by atoms with Crippen molar-refractivity contribution < 1.29 is 0 Å². The van der Waals surface area contributed by atoms with E-state index in [4.69, 9.17) is 29.6 Å². The molecule has 0 spiro atoms. The summed E-state index contributed by atoms with van der Waals surface area (Å²) in [6.45, 7) is 3.74. The predicted octanol–water partition coefficient (Wildman–Crippen LogP) is 2.76. The largest absolute Gasteiger partial charge is 0.389 e. The van der Waals surface area contributed by atoms with E-state index in [1.54, 1.807) is 11.3 Å². The number of nitrogens with two attached hydrogens (primary N) is 1. The highest BCUT2D eigenvalue weighted by molar-refractivity contribution is 7.80. The Bertz CT molecular complexity index is 636. The van der Waals surface area contributed by atoms with Crippen molar-refractivity contribution in [3.8, 4) is 0 Å². The van der Waals surface area contributed by atoms with Gasteiger partial charge in [-0.1, -0.05) is 23.8 Å². The summed E-state index contributed by atoms with van der Waals surface area (Å²) < 4.78 is 0. The predicted molar refractivity (Wildman–Crippen MR) is 93.9 cm³/mol. The minimum Gasteiger partial charge on any atom is -0.389 e. The molecule has 1 aromatic heterocycles. The third-order valence-electron chi connectivity index (χ3n) is 3.54. The number of hydrogen-bond acceptors (Lipinski definition) is 5. The summed E-state index contributed by atoms with van der Waals surface area (Å²) in [7, 11) is 0. The summed E-state index contributed by atoms with van der Waals surface area (Å²) in [5, 5.41) is 3.79. The number of thiocarbonyl (C=S) groups is 1. The van der Waals surface area contributed by atoms with E-state index in [1.165, 1.54) is 0 Å². The van der Waals surface area contributed by atoms with Crippen molar-refractivity contribution in [2.24, 2.45) is 5.73 Å². The smallest absolute Gasteiger partial charge is 0.185 e. The first kappa shape index (κ1) is 14.6. The number of hydrogen-bond donors (Lipinski definition) is 1. The molecule has 0 bridgehead atoms. The molecule has 4 nitrogen and oxygen atoms in total. The zero-order chi connectivity index (χ0) is 14.8. The third-order valence-corrected chi connectivity index (χ3v) is 4.91. The SMILES string of the molecule is NC(=S)c1ccc(N2CCN(c3nccs3)CC2)c(Cl)c1. The molecule has 0 radical (unpaired) electrons. The fourth-order valence-electron chi connectivity index (χ4n) is 2.43. The van der Waals surface area contributed by atoms with Crippen LogP contribution in [0.1, 0.15) is 5.56 Å². The molecule has 2 aromatic rings. The van der Waals surface area contributed by atoms with Crippen molar-refractivity contribution >= 4 is 51.0 Å². The number of nitrogens with zero attached hydrogens (tertiary/aromatic N) is 3. The highest BCUT2D eigenvalue weighted by Crippen LogP contribution is 2.29. The molecule has 0 aliphatic carbocycles. The lowest BCUT2D eigenvalue weighted by Gasteiger charge is -2.36. The van der Waals surface area contributed by atoms with E-state index in [-0.39, 0.29) is 0 Å². The Labute approximate surface area is 138 Å². The number of halogens is 1. The molecule has 1 saturated heterocycles. The van der Waals surface area contributed by atoms with Gasteiger partial charge in [0.25, 0.3) is 0 Å². The van der Waals surface area contributed by atoms with Crippen LogP contribution in [-0.2, 0) is 0 Å². The molecule has 0 saturated carbocycles. The van der Waals surface area contributed by atoms with Crippen molar-refractivity contribution in [1.82, 2.24) is 4.98 Å². The number of aromatic nitrogens is 1. The van der Waals surface area contributed by atoms with Crippen molar-refractivity contribution in [3.05, 3.63) is 40.4 Å². The van der Waals surface area contributed by atoms with Crippen LogP contribution >= 0.6 is 35.2 Å². The molecule has 110 valence electrons. The lowest BCUT2D eigenvalue weighted by Crippen LogP contribution is -2.46. The van der Waals surface area contributed by atoms with E-state index >= 15 is 0 Å². The van der Waals surface area contributed by atoms with Gasteiger partial charge in [-0.2, -0.15) is 0 Å². The summed E-state index contributed by atoms with van der Waals surface area (Å²) in [5.41, 5.74) is 7.47. The zero-order valence-corrected chi connectivity index (χ0v) is 13.7. The Kier molecular flexibility index (Phi) is 4.28. The molecule has 1 aliphatic heterocycles. The topological polar surface area (TPSA) is 45.4 Å². The molecule has 7 heteroatoms. The van der Waals surface area contributed by atoms with Gasteiger partial charge in [-0.15, -0.1) is 11.3 Å². The Hall–Kier alpha value is -1.37. The molecular weight excluding hydrogens is 324 g/mol. The molecule has 1 aliphatic rings. The molecule has 21 heavy (non-hydrogen) atoms. The van der Waals surface area contributed by atoms with Crippen LogP contribution in [0.2, 0.25) is 5.02 Å². The monoisotopic (exact) mass is 338 g/mol. The fourth-order valence-corrected chi connectivity index (χ4v) is 3.55. The van der Waals surface area contributed by atoms with Gasteiger partial charge >= 0.3 is 0 Å². The molecule has 1 aromatic carbocycles. The van der Waals surface area contributed by atoms with Gasteiger partial charge in [0, 0.05) is 43.3 Å². The van der Waals surface area contributed by atoms with E-state index in [0.29, 0.717) is 10.0 Å². The second-order valence-corrected chi connectivity index (χ2v) is 6.54. The number of rotatable bonds is 3. The summed E-state index contributed by atoms with van der Waals surface area (Å²) >= 11 is 13.0. The molecule has 2 heterocycles. The van der Waals surface area contributed by atoms with E-state index in [2.05, 4.69) is 14.8 Å². The Morgan fingerprint density at radius 2 is 1.95 bits per heavy atom. The zero-order valence-electron chi connectivity index (χ0n) is 11.3. The normalized spacial score (nSPS) is 15.3. The maximum atomic E-state index is 6.36. The van der Waals surface area contributed by atoms with E-state index in [9.17, 15) is 0 Å². The van der Waals surface area contributed by atoms with Crippen molar-refractivity contribution in [2.75, 3.05) is 36.0 Å². The van der Waals surface area contributed by atoms with Crippen LogP contribution < -0.4 is 15.5 Å². The summed E-state index contributed by atoms with van der Waals surface area (Å²) in [4.78, 5) is 9.32. The van der Waals surface area contributed by atoms with Crippen LogP contribution in [0.4, 0.5) is 10.8 Å². The van der Waals surface area contributed by atoms with Gasteiger partial charge in [-0.25, -0.2) is 4.98 Å². The highest BCUT2D eigenvalue weighted by atomic mass is 35.5. The van der Waals surface area contributed by atoms with Crippen molar-refractivity contribution in [2.45, 2.75) is 0 Å². The third kappa shape index (κ3) is 3.12. The van der Waals surface area contributed by atoms with Crippen LogP contribution in [0, 0.1) is 0 Å².